The molecule has 0 radical (unpaired) electrons. The lowest BCUT2D eigenvalue weighted by atomic mass is 9.76. The number of anilines is 1. The molecule has 7 nitrogen and oxygen atoms in total. The SMILES string of the molecule is COc1c([C@H]2[C@H](C(=O)Nc3ccc(F)c(/C(N)=N/O)c3)N[C@@](C)(C(F)(F)F)[C@H]2C)ccc(F)c1F. The van der Waals surface area contributed by atoms with Gasteiger partial charge in [-0.2, -0.15) is 17.6 Å². The van der Waals surface area contributed by atoms with Crippen molar-refractivity contribution in [1.29, 1.82) is 0 Å². The first-order chi connectivity index (χ1) is 16.3. The average Bonchev–Trinajstić information content (AvgIpc) is 3.08. The molecule has 2 aromatic carbocycles. The lowest BCUT2D eigenvalue weighted by Crippen LogP contribution is -2.56. The summed E-state index contributed by atoms with van der Waals surface area (Å²) in [5.41, 5.74) is 2.25. The van der Waals surface area contributed by atoms with Gasteiger partial charge in [-0.1, -0.05) is 18.1 Å². The molecule has 4 atom stereocenters. The molecule has 1 heterocycles. The van der Waals surface area contributed by atoms with E-state index in [1.165, 1.54) is 6.92 Å². The number of alkyl halides is 3. The molecule has 1 fully saturated rings. The Morgan fingerprint density at radius 1 is 1.20 bits per heavy atom. The Morgan fingerprint density at radius 2 is 1.83 bits per heavy atom. The Morgan fingerprint density at radius 3 is 2.40 bits per heavy atom. The van der Waals surface area contributed by atoms with Crippen LogP contribution in [-0.2, 0) is 4.79 Å². The third-order valence-electron chi connectivity index (χ3n) is 6.40. The lowest BCUT2D eigenvalue weighted by molar-refractivity contribution is -0.198. The Hall–Kier alpha value is -3.48. The van der Waals surface area contributed by atoms with Gasteiger partial charge in [0.1, 0.15) is 11.4 Å². The maximum atomic E-state index is 14.4. The number of carbonyl (C=O) groups is 1. The van der Waals surface area contributed by atoms with Crippen molar-refractivity contribution in [2.45, 2.75) is 37.5 Å². The second-order valence-electron chi connectivity index (χ2n) is 8.29. The summed E-state index contributed by atoms with van der Waals surface area (Å²) in [5.74, 6) is -8.39. The zero-order valence-electron chi connectivity index (χ0n) is 18.7. The fourth-order valence-electron chi connectivity index (χ4n) is 4.30. The van der Waals surface area contributed by atoms with Crippen LogP contribution in [0, 0.1) is 23.4 Å². The highest BCUT2D eigenvalue weighted by Crippen LogP contribution is 2.51. The van der Waals surface area contributed by atoms with Gasteiger partial charge in [0.05, 0.1) is 18.7 Å². The number of oxime groups is 1. The minimum Gasteiger partial charge on any atom is -0.493 e. The number of benzene rings is 2. The molecule has 35 heavy (non-hydrogen) atoms. The number of ether oxygens (including phenoxy) is 1. The van der Waals surface area contributed by atoms with Gasteiger partial charge in [0, 0.05) is 17.2 Å². The molecule has 5 N–H and O–H groups in total. The van der Waals surface area contributed by atoms with Crippen molar-refractivity contribution in [3.8, 4) is 5.75 Å². The first-order valence-corrected chi connectivity index (χ1v) is 10.2. The van der Waals surface area contributed by atoms with Crippen LogP contribution >= 0.6 is 0 Å². The summed E-state index contributed by atoms with van der Waals surface area (Å²) in [5, 5.41) is 16.1. The van der Waals surface area contributed by atoms with Gasteiger partial charge in [0.15, 0.2) is 17.4 Å². The van der Waals surface area contributed by atoms with Crippen LogP contribution in [0.2, 0.25) is 0 Å². The molecular weight excluding hydrogens is 482 g/mol. The maximum absolute atomic E-state index is 14.4. The summed E-state index contributed by atoms with van der Waals surface area (Å²) in [4.78, 5) is 13.2. The molecule has 1 aliphatic heterocycles. The van der Waals surface area contributed by atoms with E-state index in [1.807, 2.05) is 0 Å². The van der Waals surface area contributed by atoms with E-state index in [1.54, 1.807) is 0 Å². The molecule has 3 rings (SSSR count). The molecular formula is C22H22F6N4O3. The fraction of sp³-hybridized carbons (Fsp3) is 0.364. The lowest BCUT2D eigenvalue weighted by Gasteiger charge is -2.33. The normalized spacial score (nSPS) is 24.9. The van der Waals surface area contributed by atoms with E-state index < -0.39 is 64.5 Å². The van der Waals surface area contributed by atoms with Gasteiger partial charge < -0.3 is 21.0 Å². The van der Waals surface area contributed by atoms with Crippen molar-refractivity contribution >= 4 is 17.4 Å². The number of nitrogens with zero attached hydrogens (tertiary/aromatic N) is 1. The molecule has 0 saturated carbocycles. The first-order valence-electron chi connectivity index (χ1n) is 10.2. The van der Waals surface area contributed by atoms with Gasteiger partial charge in [-0.3, -0.25) is 10.1 Å². The number of hydrogen-bond acceptors (Lipinski definition) is 5. The smallest absolute Gasteiger partial charge is 0.406 e. The van der Waals surface area contributed by atoms with Crippen molar-refractivity contribution in [2.24, 2.45) is 16.8 Å². The van der Waals surface area contributed by atoms with Gasteiger partial charge in [-0.05, 0) is 37.1 Å². The van der Waals surface area contributed by atoms with Crippen LogP contribution in [0.4, 0.5) is 32.0 Å². The van der Waals surface area contributed by atoms with E-state index in [-0.39, 0.29) is 16.8 Å². The Labute approximate surface area is 195 Å². The topological polar surface area (TPSA) is 109 Å². The highest BCUT2D eigenvalue weighted by Gasteiger charge is 2.64. The summed E-state index contributed by atoms with van der Waals surface area (Å²) in [6, 6.07) is 3.27. The predicted octanol–water partition coefficient (Wildman–Crippen LogP) is 3.86. The number of nitrogens with one attached hydrogen (secondary N) is 2. The van der Waals surface area contributed by atoms with Gasteiger partial charge in [0.25, 0.3) is 0 Å². The van der Waals surface area contributed by atoms with Crippen LogP contribution in [0.25, 0.3) is 0 Å². The highest BCUT2D eigenvalue weighted by molar-refractivity contribution is 6.00. The largest absolute Gasteiger partial charge is 0.493 e. The Kier molecular flexibility index (Phi) is 6.93. The number of halogens is 6. The first kappa shape index (κ1) is 26.1. The van der Waals surface area contributed by atoms with E-state index in [9.17, 15) is 31.1 Å². The van der Waals surface area contributed by atoms with Crippen LogP contribution in [-0.4, -0.2) is 41.8 Å². The zero-order valence-corrected chi connectivity index (χ0v) is 18.7. The minimum absolute atomic E-state index is 0.0657. The van der Waals surface area contributed by atoms with Crippen molar-refractivity contribution in [1.82, 2.24) is 5.32 Å². The molecule has 0 aliphatic carbocycles. The summed E-state index contributed by atoms with van der Waals surface area (Å²) in [6.07, 6.45) is -4.82. The second kappa shape index (κ2) is 9.29. The molecule has 1 aliphatic rings. The number of amides is 1. The van der Waals surface area contributed by atoms with Gasteiger partial charge in [-0.15, -0.1) is 0 Å². The van der Waals surface area contributed by atoms with E-state index in [4.69, 9.17) is 15.7 Å². The second-order valence-corrected chi connectivity index (χ2v) is 8.29. The van der Waals surface area contributed by atoms with Crippen molar-refractivity contribution in [2.75, 3.05) is 12.4 Å². The van der Waals surface area contributed by atoms with Gasteiger partial charge in [-0.25, -0.2) is 8.78 Å². The van der Waals surface area contributed by atoms with Crippen molar-refractivity contribution < 1.29 is 41.1 Å². The van der Waals surface area contributed by atoms with Crippen molar-refractivity contribution in [3.63, 3.8) is 0 Å². The standard InChI is InChI=1S/C22H22F6N4O3/c1-9-15(11-5-7-14(24)16(25)18(11)35-3)17(31-21(9,2)22(26,27)28)20(33)30-10-4-6-13(23)12(8-10)19(29)32-34/h4-9,15,17,31,34H,1-3H3,(H2,29,32)(H,30,33)/t9-,15-,17+,21+/m0/s1. The van der Waals surface area contributed by atoms with Crippen LogP contribution in [0.15, 0.2) is 35.5 Å². The van der Waals surface area contributed by atoms with E-state index in [0.29, 0.717) is 0 Å². The van der Waals surface area contributed by atoms with Crippen LogP contribution in [0.1, 0.15) is 30.9 Å². The number of hydrogen-bond donors (Lipinski definition) is 4. The molecule has 1 amide bonds. The van der Waals surface area contributed by atoms with E-state index in [2.05, 4.69) is 15.8 Å². The summed E-state index contributed by atoms with van der Waals surface area (Å²) >= 11 is 0. The highest BCUT2D eigenvalue weighted by atomic mass is 19.4. The van der Waals surface area contributed by atoms with Gasteiger partial charge >= 0.3 is 6.18 Å². The molecule has 13 heteroatoms. The number of carbonyl (C=O) groups excluding carboxylic acids is 1. The molecule has 0 bridgehead atoms. The summed E-state index contributed by atoms with van der Waals surface area (Å²) in [7, 11) is 1.03. The molecule has 190 valence electrons. The van der Waals surface area contributed by atoms with Gasteiger partial charge in [0.2, 0.25) is 11.7 Å². The van der Waals surface area contributed by atoms with Crippen molar-refractivity contribution in [3.05, 3.63) is 58.9 Å². The molecule has 0 unspecified atom stereocenters. The number of rotatable bonds is 5. The third kappa shape index (κ3) is 4.47. The Bertz CT molecular complexity index is 1170. The number of amidine groups is 1. The summed E-state index contributed by atoms with van der Waals surface area (Å²) in [6.45, 7) is 2.09. The molecule has 1 saturated heterocycles. The van der Waals surface area contributed by atoms with E-state index in [0.717, 1.165) is 44.4 Å². The number of methoxy groups -OCH3 is 1. The van der Waals surface area contributed by atoms with Crippen LogP contribution in [0.3, 0.4) is 0 Å². The monoisotopic (exact) mass is 504 g/mol. The quantitative estimate of drug-likeness (QED) is 0.163. The molecule has 0 spiro atoms. The zero-order chi connectivity index (χ0) is 26.3. The van der Waals surface area contributed by atoms with Crippen LogP contribution < -0.4 is 21.1 Å². The third-order valence-corrected chi connectivity index (χ3v) is 6.40. The van der Waals surface area contributed by atoms with E-state index >= 15 is 0 Å². The van der Waals surface area contributed by atoms with Crippen LogP contribution in [0.5, 0.6) is 5.75 Å². The summed E-state index contributed by atoms with van der Waals surface area (Å²) < 4.78 is 89.2. The molecule has 0 aromatic heterocycles. The minimum atomic E-state index is -4.82. The predicted molar refractivity (Wildman–Crippen MR) is 114 cm³/mol. The average molecular weight is 504 g/mol. The Balaban J connectivity index is 2.08. The molecule has 2 aromatic rings. The maximum Gasteiger partial charge on any atom is 0.406 e. The fourth-order valence-corrected chi connectivity index (χ4v) is 4.30. The number of nitrogens with two attached hydrogens (primary N) is 1.